The molecule has 0 bridgehead atoms. The minimum atomic E-state index is -2.91. The third-order valence-corrected chi connectivity index (χ3v) is 3.81. The smallest absolute Gasteiger partial charge is 0.387 e. The standard InChI is InChI=1S/C17H22F2N2O3/c1-13(16(22)21-10-6-2-3-7-11-21)24-20-12-14-8-4-5-9-15(14)23-17(18)19/h4-5,8-9,12-13,17H,2-3,6-7,10-11H2,1H3/b20-12+. The summed E-state index contributed by atoms with van der Waals surface area (Å²) in [5.74, 6) is -0.0995. The maximum Gasteiger partial charge on any atom is 0.387 e. The fourth-order valence-corrected chi connectivity index (χ4v) is 2.56. The van der Waals surface area contributed by atoms with Gasteiger partial charge in [-0.05, 0) is 31.9 Å². The topological polar surface area (TPSA) is 51.1 Å². The van der Waals surface area contributed by atoms with Crippen molar-refractivity contribution in [2.24, 2.45) is 5.16 Å². The first-order chi connectivity index (χ1) is 11.6. The first-order valence-electron chi connectivity index (χ1n) is 8.09. The van der Waals surface area contributed by atoms with E-state index < -0.39 is 12.7 Å². The zero-order chi connectivity index (χ0) is 17.4. The van der Waals surface area contributed by atoms with E-state index in [1.807, 2.05) is 0 Å². The Labute approximate surface area is 140 Å². The molecule has 1 atom stereocenters. The van der Waals surface area contributed by atoms with Gasteiger partial charge in [-0.2, -0.15) is 8.78 Å². The number of carbonyl (C=O) groups excluding carboxylic acids is 1. The van der Waals surface area contributed by atoms with Crippen LogP contribution in [0.15, 0.2) is 29.4 Å². The SMILES string of the molecule is CC(O/N=C/c1ccccc1OC(F)F)C(=O)N1CCCCCC1. The number of ether oxygens (including phenoxy) is 1. The normalized spacial score (nSPS) is 16.9. The molecule has 0 radical (unpaired) electrons. The van der Waals surface area contributed by atoms with Crippen molar-refractivity contribution in [2.45, 2.75) is 45.3 Å². The Kier molecular flexibility index (Phi) is 6.96. The quantitative estimate of drug-likeness (QED) is 0.589. The number of alkyl halides is 2. The van der Waals surface area contributed by atoms with Gasteiger partial charge in [0.05, 0.1) is 6.21 Å². The van der Waals surface area contributed by atoms with E-state index in [4.69, 9.17) is 4.84 Å². The lowest BCUT2D eigenvalue weighted by Gasteiger charge is -2.22. The van der Waals surface area contributed by atoms with E-state index in [2.05, 4.69) is 9.89 Å². The van der Waals surface area contributed by atoms with Gasteiger partial charge in [-0.15, -0.1) is 0 Å². The highest BCUT2D eigenvalue weighted by molar-refractivity contribution is 5.83. The first kappa shape index (κ1) is 18.2. The van der Waals surface area contributed by atoms with Crippen LogP contribution in [0.3, 0.4) is 0 Å². The molecule has 1 heterocycles. The van der Waals surface area contributed by atoms with Gasteiger partial charge in [-0.3, -0.25) is 4.79 Å². The molecule has 1 aromatic carbocycles. The summed E-state index contributed by atoms with van der Waals surface area (Å²) in [5, 5.41) is 3.75. The van der Waals surface area contributed by atoms with Crippen molar-refractivity contribution in [2.75, 3.05) is 13.1 Å². The molecule has 0 spiro atoms. The zero-order valence-electron chi connectivity index (χ0n) is 13.7. The number of halogens is 2. The van der Waals surface area contributed by atoms with Gasteiger partial charge >= 0.3 is 6.61 Å². The number of oxime groups is 1. The molecule has 0 N–H and O–H groups in total. The van der Waals surface area contributed by atoms with Gasteiger partial charge in [0.1, 0.15) is 5.75 Å². The van der Waals surface area contributed by atoms with E-state index >= 15 is 0 Å². The largest absolute Gasteiger partial charge is 0.434 e. The first-order valence-corrected chi connectivity index (χ1v) is 8.09. The molecule has 24 heavy (non-hydrogen) atoms. The highest BCUT2D eigenvalue weighted by atomic mass is 19.3. The van der Waals surface area contributed by atoms with Crippen molar-refractivity contribution in [3.05, 3.63) is 29.8 Å². The van der Waals surface area contributed by atoms with Crippen LogP contribution in [0.2, 0.25) is 0 Å². The average molecular weight is 340 g/mol. The third kappa shape index (κ3) is 5.47. The van der Waals surface area contributed by atoms with Gasteiger partial charge < -0.3 is 14.5 Å². The summed E-state index contributed by atoms with van der Waals surface area (Å²) >= 11 is 0. The van der Waals surface area contributed by atoms with E-state index in [0.717, 1.165) is 38.8 Å². The van der Waals surface area contributed by atoms with Crippen molar-refractivity contribution >= 4 is 12.1 Å². The highest BCUT2D eigenvalue weighted by Gasteiger charge is 2.22. The van der Waals surface area contributed by atoms with Crippen LogP contribution >= 0.6 is 0 Å². The molecular formula is C17H22F2N2O3. The van der Waals surface area contributed by atoms with E-state index in [-0.39, 0.29) is 11.7 Å². The zero-order valence-corrected chi connectivity index (χ0v) is 13.7. The number of likely N-dealkylation sites (tertiary alicyclic amines) is 1. The minimum absolute atomic E-state index is 0.00588. The monoisotopic (exact) mass is 340 g/mol. The number of benzene rings is 1. The Morgan fingerprint density at radius 2 is 1.88 bits per heavy atom. The van der Waals surface area contributed by atoms with Crippen molar-refractivity contribution in [1.29, 1.82) is 0 Å². The van der Waals surface area contributed by atoms with Crippen LogP contribution in [-0.4, -0.2) is 42.8 Å². The molecule has 1 amide bonds. The lowest BCUT2D eigenvalue weighted by Crippen LogP contribution is -2.39. The summed E-state index contributed by atoms with van der Waals surface area (Å²) in [6.07, 6.45) is 4.82. The molecule has 1 unspecified atom stereocenters. The fourth-order valence-electron chi connectivity index (χ4n) is 2.56. The molecule has 1 aliphatic rings. The molecule has 1 aliphatic heterocycles. The van der Waals surface area contributed by atoms with Crippen LogP contribution in [-0.2, 0) is 9.63 Å². The Bertz CT molecular complexity index is 559. The second-order valence-corrected chi connectivity index (χ2v) is 5.64. The summed E-state index contributed by atoms with van der Waals surface area (Å²) in [6, 6.07) is 6.25. The molecule has 1 aromatic rings. The minimum Gasteiger partial charge on any atom is -0.434 e. The summed E-state index contributed by atoms with van der Waals surface area (Å²) in [6.45, 7) is 0.193. The van der Waals surface area contributed by atoms with Gasteiger partial charge in [0.2, 0.25) is 6.10 Å². The second-order valence-electron chi connectivity index (χ2n) is 5.64. The molecular weight excluding hydrogens is 318 g/mol. The number of rotatable bonds is 6. The van der Waals surface area contributed by atoms with Gasteiger partial charge in [0.15, 0.2) is 0 Å². The van der Waals surface area contributed by atoms with Crippen LogP contribution < -0.4 is 4.74 Å². The average Bonchev–Trinajstić information content (AvgIpc) is 2.84. The molecule has 132 valence electrons. The van der Waals surface area contributed by atoms with Crippen molar-refractivity contribution in [3.8, 4) is 5.75 Å². The highest BCUT2D eigenvalue weighted by Crippen LogP contribution is 2.18. The van der Waals surface area contributed by atoms with Crippen LogP contribution in [0.25, 0.3) is 0 Å². The second kappa shape index (κ2) is 9.20. The van der Waals surface area contributed by atoms with Crippen molar-refractivity contribution in [3.63, 3.8) is 0 Å². The number of amides is 1. The summed E-state index contributed by atoms with van der Waals surface area (Å²) < 4.78 is 29.1. The van der Waals surface area contributed by atoms with Gasteiger partial charge in [0, 0.05) is 18.7 Å². The number of carbonyl (C=O) groups is 1. The van der Waals surface area contributed by atoms with Gasteiger partial charge in [-0.25, -0.2) is 0 Å². The summed E-state index contributed by atoms with van der Waals surface area (Å²) in [5.41, 5.74) is 0.354. The molecule has 7 heteroatoms. The van der Waals surface area contributed by atoms with Crippen LogP contribution in [0.5, 0.6) is 5.75 Å². The predicted octanol–water partition coefficient (Wildman–Crippen LogP) is 3.43. The summed E-state index contributed by atoms with van der Waals surface area (Å²) in [4.78, 5) is 19.3. The Hall–Kier alpha value is -2.18. The lowest BCUT2D eigenvalue weighted by atomic mass is 10.2. The van der Waals surface area contributed by atoms with Crippen LogP contribution in [0.4, 0.5) is 8.78 Å². The van der Waals surface area contributed by atoms with Gasteiger partial charge in [0.25, 0.3) is 5.91 Å². The number of para-hydroxylation sites is 1. The lowest BCUT2D eigenvalue weighted by molar-refractivity contribution is -0.142. The maximum atomic E-state index is 12.3. The number of nitrogens with zero attached hydrogens (tertiary/aromatic N) is 2. The summed E-state index contributed by atoms with van der Waals surface area (Å²) in [7, 11) is 0. The Morgan fingerprint density at radius 3 is 2.54 bits per heavy atom. The molecule has 0 aromatic heterocycles. The van der Waals surface area contributed by atoms with Crippen LogP contribution in [0, 0.1) is 0 Å². The molecule has 2 rings (SSSR count). The molecule has 5 nitrogen and oxygen atoms in total. The number of hydrogen-bond acceptors (Lipinski definition) is 4. The van der Waals surface area contributed by atoms with Crippen molar-refractivity contribution < 1.29 is 23.1 Å². The van der Waals surface area contributed by atoms with E-state index in [1.54, 1.807) is 30.0 Å². The Balaban J connectivity index is 1.92. The maximum absolute atomic E-state index is 12.3. The fraction of sp³-hybridized carbons (Fsp3) is 0.529. The third-order valence-electron chi connectivity index (χ3n) is 3.81. The van der Waals surface area contributed by atoms with E-state index in [1.165, 1.54) is 12.3 Å². The van der Waals surface area contributed by atoms with Gasteiger partial charge in [-0.1, -0.05) is 30.1 Å². The molecule has 0 saturated carbocycles. The van der Waals surface area contributed by atoms with E-state index in [0.29, 0.717) is 5.56 Å². The van der Waals surface area contributed by atoms with Crippen LogP contribution in [0.1, 0.15) is 38.2 Å². The van der Waals surface area contributed by atoms with E-state index in [9.17, 15) is 13.6 Å². The molecule has 1 fully saturated rings. The Morgan fingerprint density at radius 1 is 1.21 bits per heavy atom. The van der Waals surface area contributed by atoms with Crippen molar-refractivity contribution in [1.82, 2.24) is 4.90 Å². The predicted molar refractivity (Wildman–Crippen MR) is 86.3 cm³/mol. The molecule has 0 aliphatic carbocycles. The molecule has 1 saturated heterocycles. The number of hydrogen-bond donors (Lipinski definition) is 0.